The van der Waals surface area contributed by atoms with Crippen molar-refractivity contribution in [2.75, 3.05) is 6.54 Å². The molecule has 1 atom stereocenters. The first-order valence-corrected chi connectivity index (χ1v) is 10.5. The number of amides is 1. The third kappa shape index (κ3) is 5.89. The van der Waals surface area contributed by atoms with Crippen molar-refractivity contribution in [3.8, 4) is 5.75 Å². The maximum atomic E-state index is 13.1. The lowest BCUT2D eigenvalue weighted by Crippen LogP contribution is -2.42. The van der Waals surface area contributed by atoms with Crippen molar-refractivity contribution in [2.24, 2.45) is 0 Å². The molecule has 2 heterocycles. The van der Waals surface area contributed by atoms with Gasteiger partial charge in [0.15, 0.2) is 0 Å². The molecule has 0 bridgehead atoms. The van der Waals surface area contributed by atoms with Crippen LogP contribution in [-0.2, 0) is 24.5 Å². The van der Waals surface area contributed by atoms with Gasteiger partial charge in [-0.05, 0) is 60.8 Å². The van der Waals surface area contributed by atoms with Crippen LogP contribution in [0, 0.1) is 5.82 Å². The highest BCUT2D eigenvalue weighted by molar-refractivity contribution is 5.82. The molecule has 6 heteroatoms. The van der Waals surface area contributed by atoms with Gasteiger partial charge in [0.2, 0.25) is 5.91 Å². The van der Waals surface area contributed by atoms with Crippen LogP contribution in [0.1, 0.15) is 29.5 Å². The van der Waals surface area contributed by atoms with Gasteiger partial charge in [0.05, 0.1) is 6.04 Å². The van der Waals surface area contributed by atoms with Crippen LogP contribution in [0.2, 0.25) is 0 Å². The summed E-state index contributed by atoms with van der Waals surface area (Å²) in [5.74, 6) is 0.574. The zero-order valence-electron chi connectivity index (χ0n) is 17.3. The molecule has 0 unspecified atom stereocenters. The van der Waals surface area contributed by atoms with E-state index in [4.69, 9.17) is 4.74 Å². The van der Waals surface area contributed by atoms with Crippen LogP contribution in [-0.4, -0.2) is 28.4 Å². The van der Waals surface area contributed by atoms with Crippen molar-refractivity contribution in [3.63, 3.8) is 0 Å². The topological polar surface area (TPSA) is 54.5 Å². The van der Waals surface area contributed by atoms with E-state index in [2.05, 4.69) is 15.2 Å². The minimum Gasteiger partial charge on any atom is -0.489 e. The van der Waals surface area contributed by atoms with Crippen LogP contribution in [0.15, 0.2) is 73.1 Å². The van der Waals surface area contributed by atoms with Crippen LogP contribution in [0.5, 0.6) is 5.75 Å². The number of halogens is 1. The Morgan fingerprint density at radius 1 is 1.06 bits per heavy atom. The molecule has 1 saturated heterocycles. The SMILES string of the molecule is O=C(NCc1ccc(OCc2cccnc2)cc1)[C@H]1CCCN1Cc1ccc(F)cc1. The molecule has 1 amide bonds. The van der Waals surface area contributed by atoms with E-state index in [-0.39, 0.29) is 17.8 Å². The summed E-state index contributed by atoms with van der Waals surface area (Å²) in [6.45, 7) is 2.47. The predicted molar refractivity (Wildman–Crippen MR) is 117 cm³/mol. The number of ether oxygens (including phenoxy) is 1. The highest BCUT2D eigenvalue weighted by atomic mass is 19.1. The monoisotopic (exact) mass is 419 g/mol. The number of benzene rings is 2. The van der Waals surface area contributed by atoms with Crippen molar-refractivity contribution in [3.05, 3.63) is 95.6 Å². The van der Waals surface area contributed by atoms with E-state index in [9.17, 15) is 9.18 Å². The standard InChI is InChI=1S/C25H26FN3O2/c26-22-9-5-20(6-10-22)17-29-14-2-4-24(29)25(30)28-16-19-7-11-23(12-8-19)31-18-21-3-1-13-27-15-21/h1,3,5-13,15,24H,2,4,14,16-18H2,(H,28,30)/t24-/m1/s1. The lowest BCUT2D eigenvalue weighted by atomic mass is 10.1. The van der Waals surface area contributed by atoms with Gasteiger partial charge < -0.3 is 10.1 Å². The van der Waals surface area contributed by atoms with Gasteiger partial charge in [-0.1, -0.05) is 30.3 Å². The highest BCUT2D eigenvalue weighted by Crippen LogP contribution is 2.21. The Balaban J connectivity index is 1.26. The summed E-state index contributed by atoms with van der Waals surface area (Å²) < 4.78 is 18.9. The van der Waals surface area contributed by atoms with E-state index in [1.807, 2.05) is 36.4 Å². The molecule has 0 spiro atoms. The number of nitrogens with zero attached hydrogens (tertiary/aromatic N) is 2. The van der Waals surface area contributed by atoms with Crippen LogP contribution >= 0.6 is 0 Å². The summed E-state index contributed by atoms with van der Waals surface area (Å²) in [6.07, 6.45) is 5.35. The zero-order chi connectivity index (χ0) is 21.5. The molecular weight excluding hydrogens is 393 g/mol. The molecule has 1 aromatic heterocycles. The van der Waals surface area contributed by atoms with Gasteiger partial charge in [-0.25, -0.2) is 4.39 Å². The Kier molecular flexibility index (Phi) is 6.89. The normalized spacial score (nSPS) is 16.2. The van der Waals surface area contributed by atoms with Crippen molar-refractivity contribution < 1.29 is 13.9 Å². The van der Waals surface area contributed by atoms with Crippen molar-refractivity contribution in [2.45, 2.75) is 38.6 Å². The van der Waals surface area contributed by atoms with Gasteiger partial charge in [-0.3, -0.25) is 14.7 Å². The molecule has 1 aliphatic heterocycles. The first-order chi connectivity index (χ1) is 15.2. The Hall–Kier alpha value is -3.25. The summed E-state index contributed by atoms with van der Waals surface area (Å²) >= 11 is 0. The van der Waals surface area contributed by atoms with E-state index >= 15 is 0 Å². The fourth-order valence-electron chi connectivity index (χ4n) is 3.80. The number of aromatic nitrogens is 1. The maximum Gasteiger partial charge on any atom is 0.237 e. The number of nitrogens with one attached hydrogen (secondary N) is 1. The quantitative estimate of drug-likeness (QED) is 0.598. The lowest BCUT2D eigenvalue weighted by molar-refractivity contribution is -0.125. The zero-order valence-corrected chi connectivity index (χ0v) is 17.3. The summed E-state index contributed by atoms with van der Waals surface area (Å²) in [5, 5.41) is 3.05. The van der Waals surface area contributed by atoms with E-state index in [1.54, 1.807) is 24.5 Å². The second-order valence-corrected chi connectivity index (χ2v) is 7.77. The van der Waals surface area contributed by atoms with E-state index in [0.29, 0.717) is 19.7 Å². The van der Waals surface area contributed by atoms with Gasteiger partial charge in [0.25, 0.3) is 0 Å². The summed E-state index contributed by atoms with van der Waals surface area (Å²) in [6, 6.07) is 17.9. The number of likely N-dealkylation sites (tertiary alicyclic amines) is 1. The van der Waals surface area contributed by atoms with Gasteiger partial charge in [-0.15, -0.1) is 0 Å². The third-order valence-corrected chi connectivity index (χ3v) is 5.48. The molecule has 3 aromatic rings. The summed E-state index contributed by atoms with van der Waals surface area (Å²) in [7, 11) is 0. The average molecular weight is 420 g/mol. The van der Waals surface area contributed by atoms with Crippen molar-refractivity contribution in [1.82, 2.24) is 15.2 Å². The molecule has 1 fully saturated rings. The lowest BCUT2D eigenvalue weighted by Gasteiger charge is -2.23. The van der Waals surface area contributed by atoms with E-state index in [1.165, 1.54) is 12.1 Å². The van der Waals surface area contributed by atoms with Crippen LogP contribution in [0.4, 0.5) is 4.39 Å². The molecule has 1 N–H and O–H groups in total. The Bertz CT molecular complexity index is 978. The van der Waals surface area contributed by atoms with Crippen molar-refractivity contribution in [1.29, 1.82) is 0 Å². The first-order valence-electron chi connectivity index (χ1n) is 10.5. The highest BCUT2D eigenvalue weighted by Gasteiger charge is 2.30. The van der Waals surface area contributed by atoms with Gasteiger partial charge >= 0.3 is 0 Å². The van der Waals surface area contributed by atoms with Gasteiger partial charge in [0.1, 0.15) is 18.2 Å². The number of rotatable bonds is 8. The van der Waals surface area contributed by atoms with Crippen LogP contribution in [0.3, 0.4) is 0 Å². The fourth-order valence-corrected chi connectivity index (χ4v) is 3.80. The Labute approximate surface area is 181 Å². The Morgan fingerprint density at radius 3 is 2.58 bits per heavy atom. The molecule has 160 valence electrons. The van der Waals surface area contributed by atoms with Crippen molar-refractivity contribution >= 4 is 5.91 Å². The number of hydrogen-bond acceptors (Lipinski definition) is 4. The second kappa shape index (κ2) is 10.2. The van der Waals surface area contributed by atoms with Gasteiger partial charge in [-0.2, -0.15) is 0 Å². The second-order valence-electron chi connectivity index (χ2n) is 7.77. The number of carbonyl (C=O) groups excluding carboxylic acids is 1. The molecule has 1 aliphatic rings. The van der Waals surface area contributed by atoms with E-state index in [0.717, 1.165) is 41.8 Å². The maximum absolute atomic E-state index is 13.1. The van der Waals surface area contributed by atoms with Crippen LogP contribution in [0.25, 0.3) is 0 Å². The average Bonchev–Trinajstić information content (AvgIpc) is 3.27. The molecular formula is C25H26FN3O2. The number of hydrogen-bond donors (Lipinski definition) is 1. The number of carbonyl (C=O) groups is 1. The molecule has 0 aliphatic carbocycles. The molecule has 2 aromatic carbocycles. The predicted octanol–water partition coefficient (Wildman–Crippen LogP) is 4.08. The molecule has 31 heavy (non-hydrogen) atoms. The summed E-state index contributed by atoms with van der Waals surface area (Å²) in [4.78, 5) is 19.0. The minimum atomic E-state index is -0.243. The Morgan fingerprint density at radius 2 is 1.84 bits per heavy atom. The minimum absolute atomic E-state index is 0.0384. The number of pyridine rings is 1. The van der Waals surface area contributed by atoms with E-state index < -0.39 is 0 Å². The van der Waals surface area contributed by atoms with Gasteiger partial charge in [0, 0.05) is 31.0 Å². The van der Waals surface area contributed by atoms with Crippen LogP contribution < -0.4 is 10.1 Å². The molecule has 0 saturated carbocycles. The first kappa shape index (κ1) is 21.0. The third-order valence-electron chi connectivity index (χ3n) is 5.48. The molecule has 4 rings (SSSR count). The molecule has 5 nitrogen and oxygen atoms in total. The summed E-state index contributed by atoms with van der Waals surface area (Å²) in [5.41, 5.74) is 3.05. The largest absolute Gasteiger partial charge is 0.489 e. The fraction of sp³-hybridized carbons (Fsp3) is 0.280. The smallest absolute Gasteiger partial charge is 0.237 e. The molecule has 0 radical (unpaired) electrons.